The van der Waals surface area contributed by atoms with Gasteiger partial charge in [0, 0.05) is 17.1 Å². The highest BCUT2D eigenvalue weighted by molar-refractivity contribution is 7.09. The fourth-order valence-corrected chi connectivity index (χ4v) is 2.75. The van der Waals surface area contributed by atoms with Crippen molar-refractivity contribution in [1.82, 2.24) is 9.97 Å². The summed E-state index contributed by atoms with van der Waals surface area (Å²) >= 11 is 7.30. The number of esters is 1. The van der Waals surface area contributed by atoms with Crippen LogP contribution in [0.4, 0.5) is 0 Å². The molecule has 0 bridgehead atoms. The minimum absolute atomic E-state index is 0.143. The Morgan fingerprint density at radius 1 is 1.16 bits per heavy atom. The van der Waals surface area contributed by atoms with Gasteiger partial charge in [-0.15, -0.1) is 11.3 Å². The summed E-state index contributed by atoms with van der Waals surface area (Å²) in [7, 11) is 0. The molecule has 0 saturated carbocycles. The number of carbonyl (C=O) groups excluding carboxylic acids is 1. The second-order valence-corrected chi connectivity index (χ2v) is 6.69. The molecule has 0 amide bonds. The SMILES string of the molecule is Cc1nc(COc2ccc(C(=O)OCc3ccc(Cl)nc3)cc2)cs1. The monoisotopic (exact) mass is 374 g/mol. The highest BCUT2D eigenvalue weighted by Crippen LogP contribution is 2.16. The molecule has 0 aliphatic heterocycles. The largest absolute Gasteiger partial charge is 0.487 e. The first-order valence-corrected chi connectivity index (χ1v) is 8.77. The smallest absolute Gasteiger partial charge is 0.338 e. The molecule has 7 heteroatoms. The van der Waals surface area contributed by atoms with Crippen LogP contribution in [-0.2, 0) is 18.0 Å². The van der Waals surface area contributed by atoms with Crippen molar-refractivity contribution in [3.8, 4) is 5.75 Å². The summed E-state index contributed by atoms with van der Waals surface area (Å²) in [6.45, 7) is 2.50. The second kappa shape index (κ2) is 8.09. The normalized spacial score (nSPS) is 10.5. The zero-order valence-electron chi connectivity index (χ0n) is 13.4. The van der Waals surface area contributed by atoms with E-state index in [2.05, 4.69) is 9.97 Å². The standard InChI is InChI=1S/C18H15ClN2O3S/c1-12-21-15(11-25-12)10-23-16-5-3-14(4-6-16)18(22)24-9-13-2-7-17(19)20-8-13/h2-8,11H,9-10H2,1H3. The van der Waals surface area contributed by atoms with E-state index in [1.165, 1.54) is 0 Å². The molecule has 2 aromatic heterocycles. The number of hydrogen-bond acceptors (Lipinski definition) is 6. The number of nitrogens with zero attached hydrogens (tertiary/aromatic N) is 2. The predicted molar refractivity (Wildman–Crippen MR) is 96.0 cm³/mol. The van der Waals surface area contributed by atoms with E-state index < -0.39 is 5.97 Å². The van der Waals surface area contributed by atoms with Crippen molar-refractivity contribution >= 4 is 28.9 Å². The van der Waals surface area contributed by atoms with Crippen LogP contribution in [0, 0.1) is 6.92 Å². The molecule has 0 fully saturated rings. The van der Waals surface area contributed by atoms with Crippen LogP contribution in [0.25, 0.3) is 0 Å². The Morgan fingerprint density at radius 2 is 1.96 bits per heavy atom. The van der Waals surface area contributed by atoms with Gasteiger partial charge in [0.2, 0.25) is 0 Å². The molecule has 0 aliphatic rings. The van der Waals surface area contributed by atoms with Gasteiger partial charge < -0.3 is 9.47 Å². The van der Waals surface area contributed by atoms with E-state index in [-0.39, 0.29) is 6.61 Å². The molecule has 3 aromatic rings. The highest BCUT2D eigenvalue weighted by atomic mass is 35.5. The molecular weight excluding hydrogens is 360 g/mol. The number of benzene rings is 1. The maximum absolute atomic E-state index is 12.1. The van der Waals surface area contributed by atoms with Gasteiger partial charge in [0.1, 0.15) is 24.1 Å². The molecule has 2 heterocycles. The molecule has 0 aliphatic carbocycles. The van der Waals surface area contributed by atoms with Gasteiger partial charge in [0.15, 0.2) is 0 Å². The van der Waals surface area contributed by atoms with Crippen LogP contribution in [0.5, 0.6) is 5.75 Å². The number of hydrogen-bond donors (Lipinski definition) is 0. The van der Waals surface area contributed by atoms with Crippen molar-refractivity contribution in [2.24, 2.45) is 0 Å². The van der Waals surface area contributed by atoms with Gasteiger partial charge in [-0.1, -0.05) is 17.7 Å². The highest BCUT2D eigenvalue weighted by Gasteiger charge is 2.08. The molecule has 25 heavy (non-hydrogen) atoms. The van der Waals surface area contributed by atoms with Crippen molar-refractivity contribution in [2.45, 2.75) is 20.1 Å². The number of carbonyl (C=O) groups is 1. The van der Waals surface area contributed by atoms with Crippen LogP contribution in [0.3, 0.4) is 0 Å². The Hall–Kier alpha value is -2.44. The van der Waals surface area contributed by atoms with Gasteiger partial charge in [-0.2, -0.15) is 0 Å². The van der Waals surface area contributed by atoms with E-state index in [1.54, 1.807) is 53.9 Å². The first-order valence-electron chi connectivity index (χ1n) is 7.51. The van der Waals surface area contributed by atoms with Gasteiger partial charge in [-0.25, -0.2) is 14.8 Å². The van der Waals surface area contributed by atoms with Crippen molar-refractivity contribution < 1.29 is 14.3 Å². The Labute approximate surface area is 154 Å². The third-order valence-corrected chi connectivity index (χ3v) is 4.35. The average molecular weight is 375 g/mol. The van der Waals surface area contributed by atoms with Gasteiger partial charge >= 0.3 is 5.97 Å². The molecule has 0 saturated heterocycles. The van der Waals surface area contributed by atoms with Gasteiger partial charge in [-0.05, 0) is 37.3 Å². The van der Waals surface area contributed by atoms with Crippen molar-refractivity contribution in [3.05, 3.63) is 75.0 Å². The maximum atomic E-state index is 12.1. The third-order valence-electron chi connectivity index (χ3n) is 3.30. The fourth-order valence-electron chi connectivity index (χ4n) is 2.04. The summed E-state index contributed by atoms with van der Waals surface area (Å²) in [4.78, 5) is 20.3. The lowest BCUT2D eigenvalue weighted by molar-refractivity contribution is 0.0472. The number of thiazole rings is 1. The lowest BCUT2D eigenvalue weighted by atomic mass is 10.2. The van der Waals surface area contributed by atoms with Gasteiger partial charge in [0.25, 0.3) is 0 Å². The number of ether oxygens (including phenoxy) is 2. The number of halogens is 1. The zero-order valence-corrected chi connectivity index (χ0v) is 15.0. The lowest BCUT2D eigenvalue weighted by Gasteiger charge is -2.07. The summed E-state index contributed by atoms with van der Waals surface area (Å²) in [5.41, 5.74) is 2.12. The summed E-state index contributed by atoms with van der Waals surface area (Å²) < 4.78 is 10.9. The van der Waals surface area contributed by atoms with Crippen LogP contribution < -0.4 is 4.74 Å². The maximum Gasteiger partial charge on any atom is 0.338 e. The molecular formula is C18H15ClN2O3S. The quantitative estimate of drug-likeness (QED) is 0.471. The van der Waals surface area contributed by atoms with Crippen LogP contribution >= 0.6 is 22.9 Å². The lowest BCUT2D eigenvalue weighted by Crippen LogP contribution is -2.05. The average Bonchev–Trinajstić information content (AvgIpc) is 3.05. The number of rotatable bonds is 6. The molecule has 128 valence electrons. The zero-order chi connectivity index (χ0) is 17.6. The molecule has 0 N–H and O–H groups in total. The Kier molecular flexibility index (Phi) is 5.63. The third kappa shape index (κ3) is 5.01. The Bertz CT molecular complexity index is 848. The van der Waals surface area contributed by atoms with E-state index in [4.69, 9.17) is 21.1 Å². The van der Waals surface area contributed by atoms with E-state index in [9.17, 15) is 4.79 Å². The van der Waals surface area contributed by atoms with Gasteiger partial charge in [-0.3, -0.25) is 0 Å². The molecule has 0 spiro atoms. The molecule has 0 unspecified atom stereocenters. The van der Waals surface area contributed by atoms with Gasteiger partial charge in [0.05, 0.1) is 16.3 Å². The topological polar surface area (TPSA) is 61.3 Å². The fraction of sp³-hybridized carbons (Fsp3) is 0.167. The van der Waals surface area contributed by atoms with Crippen LogP contribution in [0.1, 0.15) is 26.6 Å². The van der Waals surface area contributed by atoms with Crippen LogP contribution in [0.2, 0.25) is 5.15 Å². The van der Waals surface area contributed by atoms with E-state index in [0.29, 0.717) is 23.1 Å². The van der Waals surface area contributed by atoms with Crippen LogP contribution in [0.15, 0.2) is 48.0 Å². The molecule has 0 atom stereocenters. The van der Waals surface area contributed by atoms with E-state index >= 15 is 0 Å². The Morgan fingerprint density at radius 3 is 2.60 bits per heavy atom. The Balaban J connectivity index is 1.52. The summed E-state index contributed by atoms with van der Waals surface area (Å²) in [6, 6.07) is 10.2. The first kappa shape index (κ1) is 17.4. The van der Waals surface area contributed by atoms with Crippen molar-refractivity contribution in [3.63, 3.8) is 0 Å². The molecule has 3 rings (SSSR count). The molecule has 5 nitrogen and oxygen atoms in total. The van der Waals surface area contributed by atoms with Crippen LogP contribution in [-0.4, -0.2) is 15.9 Å². The summed E-state index contributed by atoms with van der Waals surface area (Å²) in [5.74, 6) is 0.265. The number of aryl methyl sites for hydroxylation is 1. The second-order valence-electron chi connectivity index (χ2n) is 5.24. The number of aromatic nitrogens is 2. The summed E-state index contributed by atoms with van der Waals surface area (Å²) in [6.07, 6.45) is 1.58. The first-order chi connectivity index (χ1) is 12.1. The predicted octanol–water partition coefficient (Wildman–Crippen LogP) is 4.44. The number of pyridine rings is 1. The minimum atomic E-state index is -0.406. The minimum Gasteiger partial charge on any atom is -0.487 e. The van der Waals surface area contributed by atoms with E-state index in [0.717, 1.165) is 16.3 Å². The molecule has 1 aromatic carbocycles. The van der Waals surface area contributed by atoms with Crippen molar-refractivity contribution in [1.29, 1.82) is 0 Å². The summed E-state index contributed by atoms with van der Waals surface area (Å²) in [5, 5.41) is 3.37. The van der Waals surface area contributed by atoms with E-state index in [1.807, 2.05) is 12.3 Å². The molecule has 0 radical (unpaired) electrons. The van der Waals surface area contributed by atoms with Crippen molar-refractivity contribution in [2.75, 3.05) is 0 Å².